The molecule has 1 saturated heterocycles. The Labute approximate surface area is 68.9 Å². The molecule has 1 aliphatic rings. The normalized spacial score (nSPS) is 21.0. The van der Waals surface area contributed by atoms with Crippen molar-refractivity contribution in [3.8, 4) is 0 Å². The molecule has 0 aliphatic carbocycles. The van der Waals surface area contributed by atoms with E-state index >= 15 is 0 Å². The van der Waals surface area contributed by atoms with Crippen molar-refractivity contribution in [3.63, 3.8) is 0 Å². The minimum Gasteiger partial charge on any atom is -0.379 e. The first-order chi connectivity index (χ1) is 5.33. The van der Waals surface area contributed by atoms with Crippen molar-refractivity contribution in [2.45, 2.75) is 6.92 Å². The van der Waals surface area contributed by atoms with Crippen LogP contribution in [0.3, 0.4) is 0 Å². The quantitative estimate of drug-likeness (QED) is 0.584. The zero-order valence-corrected chi connectivity index (χ0v) is 7.55. The van der Waals surface area contributed by atoms with Crippen LogP contribution in [0.4, 0.5) is 0 Å². The largest absolute Gasteiger partial charge is 0.379 e. The van der Waals surface area contributed by atoms with Gasteiger partial charge in [0.2, 0.25) is 0 Å². The molecule has 0 aromatic rings. The van der Waals surface area contributed by atoms with Crippen molar-refractivity contribution in [2.24, 2.45) is 0 Å². The summed E-state index contributed by atoms with van der Waals surface area (Å²) < 4.78 is 5.25. The fourth-order valence-corrected chi connectivity index (χ4v) is 1.18. The van der Waals surface area contributed by atoms with Gasteiger partial charge in [0.1, 0.15) is 0 Å². The van der Waals surface area contributed by atoms with E-state index in [2.05, 4.69) is 23.8 Å². The Bertz CT molecular complexity index is 102. The molecule has 0 bridgehead atoms. The average molecular weight is 158 g/mol. The fourth-order valence-electron chi connectivity index (χ4n) is 1.18. The number of rotatable bonds is 3. The number of nitrogens with zero attached hydrogens (tertiary/aromatic N) is 2. The van der Waals surface area contributed by atoms with Crippen molar-refractivity contribution in [2.75, 3.05) is 46.6 Å². The highest BCUT2D eigenvalue weighted by Gasteiger charge is 2.10. The highest BCUT2D eigenvalue weighted by molar-refractivity contribution is 4.60. The molecule has 0 N–H and O–H groups in total. The number of hydrogen-bond donors (Lipinski definition) is 0. The molecule has 0 unspecified atom stereocenters. The predicted octanol–water partition coefficient (Wildman–Crippen LogP) is 0.228. The van der Waals surface area contributed by atoms with Gasteiger partial charge in [-0.3, -0.25) is 9.80 Å². The summed E-state index contributed by atoms with van der Waals surface area (Å²) in [5.74, 6) is 0. The smallest absolute Gasteiger partial charge is 0.0594 e. The highest BCUT2D eigenvalue weighted by Crippen LogP contribution is 1.97. The SMILES string of the molecule is CCN(C)CN1CCOCC1. The predicted molar refractivity (Wildman–Crippen MR) is 45.6 cm³/mol. The topological polar surface area (TPSA) is 15.7 Å². The number of morpholine rings is 1. The van der Waals surface area contributed by atoms with Crippen LogP contribution in [0.1, 0.15) is 6.92 Å². The van der Waals surface area contributed by atoms with Crippen LogP contribution in [0.25, 0.3) is 0 Å². The van der Waals surface area contributed by atoms with Crippen molar-refractivity contribution in [3.05, 3.63) is 0 Å². The Morgan fingerprint density at radius 2 is 2.00 bits per heavy atom. The molecule has 0 spiro atoms. The Morgan fingerprint density at radius 1 is 1.36 bits per heavy atom. The van der Waals surface area contributed by atoms with Crippen LogP contribution in [-0.4, -0.2) is 56.4 Å². The third-order valence-corrected chi connectivity index (χ3v) is 2.08. The van der Waals surface area contributed by atoms with Crippen LogP contribution in [0, 0.1) is 0 Å². The van der Waals surface area contributed by atoms with E-state index in [1.54, 1.807) is 0 Å². The summed E-state index contributed by atoms with van der Waals surface area (Å²) in [5.41, 5.74) is 0. The zero-order chi connectivity index (χ0) is 8.10. The summed E-state index contributed by atoms with van der Waals surface area (Å²) in [5, 5.41) is 0. The first kappa shape index (κ1) is 8.97. The molecular weight excluding hydrogens is 140 g/mol. The molecule has 1 fully saturated rings. The zero-order valence-electron chi connectivity index (χ0n) is 7.55. The lowest BCUT2D eigenvalue weighted by Crippen LogP contribution is -2.42. The molecule has 11 heavy (non-hydrogen) atoms. The van der Waals surface area contributed by atoms with Gasteiger partial charge in [-0.05, 0) is 13.6 Å². The van der Waals surface area contributed by atoms with Gasteiger partial charge in [-0.1, -0.05) is 6.92 Å². The minimum absolute atomic E-state index is 0.900. The van der Waals surface area contributed by atoms with Gasteiger partial charge in [-0.15, -0.1) is 0 Å². The van der Waals surface area contributed by atoms with E-state index < -0.39 is 0 Å². The molecule has 1 rings (SSSR count). The summed E-state index contributed by atoms with van der Waals surface area (Å²) in [4.78, 5) is 4.73. The van der Waals surface area contributed by atoms with Crippen molar-refractivity contribution in [1.29, 1.82) is 0 Å². The van der Waals surface area contributed by atoms with Crippen molar-refractivity contribution >= 4 is 0 Å². The maximum absolute atomic E-state index is 5.25. The molecular formula is C8H18N2O. The van der Waals surface area contributed by atoms with E-state index in [9.17, 15) is 0 Å². The summed E-state index contributed by atoms with van der Waals surface area (Å²) in [6.45, 7) is 8.36. The minimum atomic E-state index is 0.900. The standard InChI is InChI=1S/C8H18N2O/c1-3-9(2)8-10-4-6-11-7-5-10/h3-8H2,1-2H3. The molecule has 0 amide bonds. The van der Waals surface area contributed by atoms with E-state index in [1.807, 2.05) is 0 Å². The Kier molecular flexibility index (Phi) is 3.83. The van der Waals surface area contributed by atoms with Crippen LogP contribution < -0.4 is 0 Å². The Balaban J connectivity index is 2.13. The maximum Gasteiger partial charge on any atom is 0.0594 e. The van der Waals surface area contributed by atoms with Gasteiger partial charge in [-0.2, -0.15) is 0 Å². The van der Waals surface area contributed by atoms with Crippen LogP contribution in [0.5, 0.6) is 0 Å². The lowest BCUT2D eigenvalue weighted by atomic mass is 10.4. The second-order valence-electron chi connectivity index (χ2n) is 3.04. The maximum atomic E-state index is 5.25. The second-order valence-corrected chi connectivity index (χ2v) is 3.04. The van der Waals surface area contributed by atoms with E-state index in [-0.39, 0.29) is 0 Å². The average Bonchev–Trinajstić information content (AvgIpc) is 2.06. The van der Waals surface area contributed by atoms with E-state index in [0.717, 1.165) is 39.5 Å². The molecule has 1 heterocycles. The van der Waals surface area contributed by atoms with Crippen LogP contribution >= 0.6 is 0 Å². The lowest BCUT2D eigenvalue weighted by Gasteiger charge is -2.30. The number of hydrogen-bond acceptors (Lipinski definition) is 3. The van der Waals surface area contributed by atoms with E-state index in [0.29, 0.717) is 0 Å². The first-order valence-electron chi connectivity index (χ1n) is 4.31. The van der Waals surface area contributed by atoms with Crippen molar-refractivity contribution in [1.82, 2.24) is 9.80 Å². The molecule has 0 aromatic carbocycles. The molecule has 66 valence electrons. The van der Waals surface area contributed by atoms with Gasteiger partial charge >= 0.3 is 0 Å². The van der Waals surface area contributed by atoms with Crippen LogP contribution in [0.2, 0.25) is 0 Å². The summed E-state index contributed by atoms with van der Waals surface area (Å²) >= 11 is 0. The number of ether oxygens (including phenoxy) is 1. The molecule has 0 aromatic heterocycles. The van der Waals surface area contributed by atoms with Gasteiger partial charge in [0.05, 0.1) is 19.9 Å². The van der Waals surface area contributed by atoms with Gasteiger partial charge in [-0.25, -0.2) is 0 Å². The third kappa shape index (κ3) is 3.18. The molecule has 1 aliphatic heterocycles. The molecule has 0 atom stereocenters. The van der Waals surface area contributed by atoms with E-state index in [1.165, 1.54) is 0 Å². The fraction of sp³-hybridized carbons (Fsp3) is 1.00. The molecule has 3 heteroatoms. The van der Waals surface area contributed by atoms with Crippen LogP contribution in [-0.2, 0) is 4.74 Å². The first-order valence-corrected chi connectivity index (χ1v) is 4.31. The summed E-state index contributed by atoms with van der Waals surface area (Å²) in [6.07, 6.45) is 0. The van der Waals surface area contributed by atoms with Gasteiger partial charge in [0.25, 0.3) is 0 Å². The van der Waals surface area contributed by atoms with Crippen molar-refractivity contribution < 1.29 is 4.74 Å². The second kappa shape index (κ2) is 4.70. The van der Waals surface area contributed by atoms with Gasteiger partial charge < -0.3 is 4.74 Å². The summed E-state index contributed by atoms with van der Waals surface area (Å²) in [7, 11) is 2.15. The molecule has 0 radical (unpaired) electrons. The van der Waals surface area contributed by atoms with E-state index in [4.69, 9.17) is 4.74 Å². The highest BCUT2D eigenvalue weighted by atomic mass is 16.5. The summed E-state index contributed by atoms with van der Waals surface area (Å²) in [6, 6.07) is 0. The van der Waals surface area contributed by atoms with Gasteiger partial charge in [0, 0.05) is 13.1 Å². The Morgan fingerprint density at radius 3 is 2.55 bits per heavy atom. The monoisotopic (exact) mass is 158 g/mol. The van der Waals surface area contributed by atoms with Crippen LogP contribution in [0.15, 0.2) is 0 Å². The van der Waals surface area contributed by atoms with Gasteiger partial charge in [0.15, 0.2) is 0 Å². The molecule has 0 saturated carbocycles. The lowest BCUT2D eigenvalue weighted by molar-refractivity contribution is 0.0157. The Hall–Kier alpha value is -0.120. The third-order valence-electron chi connectivity index (χ3n) is 2.08. The molecule has 3 nitrogen and oxygen atoms in total.